The molecule has 1 fully saturated rings. The minimum atomic E-state index is -4.18. The van der Waals surface area contributed by atoms with Crippen LogP contribution in [0.3, 0.4) is 0 Å². The van der Waals surface area contributed by atoms with E-state index in [1.54, 1.807) is 0 Å². The van der Waals surface area contributed by atoms with Crippen LogP contribution in [0.4, 0.5) is 18.9 Å². The molecule has 0 radical (unpaired) electrons. The lowest BCUT2D eigenvalue weighted by atomic mass is 10.0. The molecule has 1 aliphatic rings. The van der Waals surface area contributed by atoms with Crippen molar-refractivity contribution in [1.82, 2.24) is 10.2 Å². The Morgan fingerprint density at radius 2 is 1.54 bits per heavy atom. The molecular formula is C20H26Cl2F3N3. The van der Waals surface area contributed by atoms with E-state index in [0.29, 0.717) is 19.6 Å². The molecule has 0 spiro atoms. The minimum Gasteiger partial charge on any atom is -0.381 e. The number of alkyl halides is 3. The van der Waals surface area contributed by atoms with Gasteiger partial charge in [0.2, 0.25) is 0 Å². The highest BCUT2D eigenvalue weighted by Gasteiger charge is 2.35. The Morgan fingerprint density at radius 1 is 0.929 bits per heavy atom. The Kier molecular flexibility index (Phi) is 10.1. The number of hydrogen-bond acceptors (Lipinski definition) is 3. The summed E-state index contributed by atoms with van der Waals surface area (Å²) in [6, 6.07) is 16.7. The third kappa shape index (κ3) is 7.51. The molecule has 0 amide bonds. The number of piperazine rings is 1. The molecule has 0 aliphatic carbocycles. The molecule has 156 valence electrons. The molecule has 3 nitrogen and oxygen atoms in total. The number of halogens is 5. The summed E-state index contributed by atoms with van der Waals surface area (Å²) in [5, 5.41) is 6.50. The van der Waals surface area contributed by atoms with E-state index in [1.165, 1.54) is 0 Å². The fraction of sp³-hybridized carbons (Fsp3) is 0.400. The van der Waals surface area contributed by atoms with E-state index in [9.17, 15) is 13.2 Å². The summed E-state index contributed by atoms with van der Waals surface area (Å²) in [6.07, 6.45) is -5.00. The molecule has 3 rings (SSSR count). The van der Waals surface area contributed by atoms with Gasteiger partial charge in [0.05, 0.1) is 6.42 Å². The zero-order chi connectivity index (χ0) is 18.4. The third-order valence-corrected chi connectivity index (χ3v) is 4.65. The van der Waals surface area contributed by atoms with Gasteiger partial charge in [0, 0.05) is 44.5 Å². The van der Waals surface area contributed by atoms with E-state index in [0.717, 1.165) is 29.9 Å². The van der Waals surface area contributed by atoms with E-state index < -0.39 is 18.6 Å². The third-order valence-electron chi connectivity index (χ3n) is 4.65. The van der Waals surface area contributed by atoms with Gasteiger partial charge in [-0.2, -0.15) is 13.2 Å². The number of anilines is 1. The molecule has 2 aromatic rings. The Labute approximate surface area is 176 Å². The predicted octanol–water partition coefficient (Wildman–Crippen LogP) is 5.04. The second-order valence-corrected chi connectivity index (χ2v) is 6.58. The quantitative estimate of drug-likeness (QED) is 0.665. The summed E-state index contributed by atoms with van der Waals surface area (Å²) < 4.78 is 39.2. The minimum absolute atomic E-state index is 0. The zero-order valence-electron chi connectivity index (χ0n) is 15.4. The van der Waals surface area contributed by atoms with Gasteiger partial charge in [-0.25, -0.2) is 0 Å². The van der Waals surface area contributed by atoms with Gasteiger partial charge < -0.3 is 10.6 Å². The first-order valence-corrected chi connectivity index (χ1v) is 8.90. The van der Waals surface area contributed by atoms with Crippen molar-refractivity contribution in [2.24, 2.45) is 0 Å². The van der Waals surface area contributed by atoms with Crippen molar-refractivity contribution < 1.29 is 13.2 Å². The van der Waals surface area contributed by atoms with Crippen LogP contribution in [0.1, 0.15) is 23.6 Å². The van der Waals surface area contributed by atoms with Crippen LogP contribution in [0.25, 0.3) is 0 Å². The molecule has 0 bridgehead atoms. The first-order valence-electron chi connectivity index (χ1n) is 8.90. The van der Waals surface area contributed by atoms with E-state index in [-0.39, 0.29) is 24.8 Å². The van der Waals surface area contributed by atoms with Crippen molar-refractivity contribution in [3.8, 4) is 0 Å². The zero-order valence-corrected chi connectivity index (χ0v) is 17.0. The van der Waals surface area contributed by atoms with Gasteiger partial charge >= 0.3 is 6.18 Å². The van der Waals surface area contributed by atoms with Crippen LogP contribution < -0.4 is 10.6 Å². The lowest BCUT2D eigenvalue weighted by molar-refractivity contribution is -0.148. The number of benzene rings is 2. The molecular weight excluding hydrogens is 410 g/mol. The molecule has 2 N–H and O–H groups in total. The highest BCUT2D eigenvalue weighted by atomic mass is 35.5. The van der Waals surface area contributed by atoms with Gasteiger partial charge in [0.1, 0.15) is 0 Å². The summed E-state index contributed by atoms with van der Waals surface area (Å²) in [5.74, 6) is 0. The Balaban J connectivity index is 0.00000196. The molecule has 1 saturated heterocycles. The number of nitrogens with one attached hydrogen (secondary N) is 2. The standard InChI is InChI=1S/C20H24F3N3.2ClH/c21-20(22,23)14-19(26-12-10-24-11-13-26)17-6-8-18(9-7-17)25-15-16-4-2-1-3-5-16;;/h1-9,19,24-25H,10-15H2;2*1H/t19-;;/m1../s1. The fourth-order valence-electron chi connectivity index (χ4n) is 3.29. The SMILES string of the molecule is Cl.Cl.FC(F)(F)C[C@H](c1ccc(NCc2ccccc2)cc1)N1CCNCC1. The lowest BCUT2D eigenvalue weighted by Gasteiger charge is -2.35. The molecule has 8 heteroatoms. The normalized spacial score (nSPS) is 15.8. The maximum absolute atomic E-state index is 13.1. The molecule has 1 atom stereocenters. The Morgan fingerprint density at radius 3 is 2.11 bits per heavy atom. The first kappa shape index (κ1) is 24.6. The molecule has 1 heterocycles. The highest BCUT2D eigenvalue weighted by molar-refractivity contribution is 5.85. The summed E-state index contributed by atoms with van der Waals surface area (Å²) in [5.41, 5.74) is 2.78. The van der Waals surface area contributed by atoms with E-state index >= 15 is 0 Å². The summed E-state index contributed by atoms with van der Waals surface area (Å²) in [6.45, 7) is 3.41. The van der Waals surface area contributed by atoms with Crippen molar-refractivity contribution in [3.05, 3.63) is 65.7 Å². The molecule has 0 unspecified atom stereocenters. The molecule has 0 aromatic heterocycles. The van der Waals surface area contributed by atoms with E-state index in [2.05, 4.69) is 10.6 Å². The van der Waals surface area contributed by atoms with Crippen LogP contribution in [0, 0.1) is 0 Å². The summed E-state index contributed by atoms with van der Waals surface area (Å²) in [4.78, 5) is 1.93. The van der Waals surface area contributed by atoms with Crippen molar-refractivity contribution in [2.75, 3.05) is 31.5 Å². The van der Waals surface area contributed by atoms with Crippen LogP contribution in [0.15, 0.2) is 54.6 Å². The van der Waals surface area contributed by atoms with Crippen molar-refractivity contribution in [3.63, 3.8) is 0 Å². The number of hydrogen-bond donors (Lipinski definition) is 2. The maximum Gasteiger partial charge on any atom is 0.390 e. The smallest absolute Gasteiger partial charge is 0.381 e. The van der Waals surface area contributed by atoms with Gasteiger partial charge in [0.15, 0.2) is 0 Å². The lowest BCUT2D eigenvalue weighted by Crippen LogP contribution is -2.46. The Bertz CT molecular complexity index is 675. The predicted molar refractivity (Wildman–Crippen MR) is 113 cm³/mol. The van der Waals surface area contributed by atoms with E-state index in [1.807, 2.05) is 59.5 Å². The number of nitrogens with zero attached hydrogens (tertiary/aromatic N) is 1. The number of rotatable bonds is 6. The van der Waals surface area contributed by atoms with Gasteiger partial charge in [-0.3, -0.25) is 4.90 Å². The van der Waals surface area contributed by atoms with E-state index in [4.69, 9.17) is 0 Å². The van der Waals surface area contributed by atoms with Crippen molar-refractivity contribution >= 4 is 30.5 Å². The molecule has 0 saturated carbocycles. The van der Waals surface area contributed by atoms with Crippen LogP contribution in [0.5, 0.6) is 0 Å². The average molecular weight is 436 g/mol. The second-order valence-electron chi connectivity index (χ2n) is 6.58. The first-order chi connectivity index (χ1) is 12.5. The second kappa shape index (κ2) is 11.5. The largest absolute Gasteiger partial charge is 0.390 e. The van der Waals surface area contributed by atoms with Gasteiger partial charge in [0.25, 0.3) is 0 Å². The van der Waals surface area contributed by atoms with Gasteiger partial charge in [-0.05, 0) is 23.3 Å². The molecule has 2 aromatic carbocycles. The van der Waals surface area contributed by atoms with Crippen LogP contribution in [-0.4, -0.2) is 37.3 Å². The Hall–Kier alpha value is -1.47. The molecule has 28 heavy (non-hydrogen) atoms. The average Bonchev–Trinajstić information content (AvgIpc) is 2.66. The highest BCUT2D eigenvalue weighted by Crippen LogP contribution is 2.34. The van der Waals surface area contributed by atoms with Crippen LogP contribution in [0.2, 0.25) is 0 Å². The topological polar surface area (TPSA) is 27.3 Å². The molecule has 1 aliphatic heterocycles. The van der Waals surface area contributed by atoms with Crippen LogP contribution >= 0.6 is 24.8 Å². The maximum atomic E-state index is 13.1. The van der Waals surface area contributed by atoms with Crippen molar-refractivity contribution in [1.29, 1.82) is 0 Å². The van der Waals surface area contributed by atoms with Crippen molar-refractivity contribution in [2.45, 2.75) is 25.2 Å². The summed E-state index contributed by atoms with van der Waals surface area (Å²) in [7, 11) is 0. The fourth-order valence-corrected chi connectivity index (χ4v) is 3.29. The van der Waals surface area contributed by atoms with Gasteiger partial charge in [-0.15, -0.1) is 24.8 Å². The van der Waals surface area contributed by atoms with Gasteiger partial charge in [-0.1, -0.05) is 42.5 Å². The summed E-state index contributed by atoms with van der Waals surface area (Å²) >= 11 is 0. The van der Waals surface area contributed by atoms with Crippen LogP contribution in [-0.2, 0) is 6.54 Å². The monoisotopic (exact) mass is 435 g/mol.